The monoisotopic (exact) mass is 339 g/mol. The molecule has 0 saturated carbocycles. The first-order valence-corrected chi connectivity index (χ1v) is 8.96. The predicted molar refractivity (Wildman–Crippen MR) is 106 cm³/mol. The third-order valence-electron chi connectivity index (χ3n) is 4.83. The first kappa shape index (κ1) is 17.9. The van der Waals surface area contributed by atoms with E-state index in [9.17, 15) is 0 Å². The lowest BCUT2D eigenvalue weighted by Crippen LogP contribution is -2.54. The third kappa shape index (κ3) is 4.19. The summed E-state index contributed by atoms with van der Waals surface area (Å²) in [7, 11) is 0. The van der Waals surface area contributed by atoms with Crippen molar-refractivity contribution in [2.75, 3.05) is 33.2 Å². The summed E-state index contributed by atoms with van der Waals surface area (Å²) in [5.74, 6) is 0. The largest absolute Gasteiger partial charge is 0.338 e. The van der Waals surface area contributed by atoms with Crippen molar-refractivity contribution >= 4 is 23.9 Å². The standard InChI is InChI=1S/C20H29N5/c1-17-19-9-5-6-10-20(19)18(2)25(17)12-8-4-3-7-11-23-14-22-15-24(13-21)16-23/h4-6,8-10,22H,1-3,7,11-16,21H2/b8-4+. The fourth-order valence-corrected chi connectivity index (χ4v) is 3.41. The van der Waals surface area contributed by atoms with Crippen LogP contribution in [0.2, 0.25) is 0 Å². The van der Waals surface area contributed by atoms with Crippen LogP contribution in [0.3, 0.4) is 0 Å². The molecule has 0 spiro atoms. The van der Waals surface area contributed by atoms with Gasteiger partial charge in [0, 0.05) is 41.2 Å². The topological polar surface area (TPSA) is 49.5 Å². The molecule has 0 atom stereocenters. The Hall–Kier alpha value is -1.92. The minimum atomic E-state index is 0.607. The molecule has 3 N–H and O–H groups in total. The zero-order valence-corrected chi connectivity index (χ0v) is 15.0. The molecule has 1 aromatic heterocycles. The van der Waals surface area contributed by atoms with Crippen LogP contribution in [0.15, 0.2) is 36.4 Å². The van der Waals surface area contributed by atoms with Gasteiger partial charge in [-0.1, -0.05) is 49.6 Å². The van der Waals surface area contributed by atoms with E-state index in [-0.39, 0.29) is 0 Å². The van der Waals surface area contributed by atoms with Crippen molar-refractivity contribution in [1.82, 2.24) is 19.7 Å². The third-order valence-corrected chi connectivity index (χ3v) is 4.83. The van der Waals surface area contributed by atoms with E-state index >= 15 is 0 Å². The second-order valence-corrected chi connectivity index (χ2v) is 6.62. The number of allylic oxidation sites excluding steroid dienone is 2. The van der Waals surface area contributed by atoms with Crippen LogP contribution in [0.4, 0.5) is 0 Å². The van der Waals surface area contributed by atoms with E-state index in [1.807, 2.05) is 0 Å². The van der Waals surface area contributed by atoms with Crippen molar-refractivity contribution in [2.24, 2.45) is 5.73 Å². The van der Waals surface area contributed by atoms with E-state index in [4.69, 9.17) is 5.73 Å². The molecule has 2 aromatic rings. The van der Waals surface area contributed by atoms with Crippen molar-refractivity contribution in [3.8, 4) is 0 Å². The summed E-state index contributed by atoms with van der Waals surface area (Å²) in [6.07, 6.45) is 6.72. The van der Waals surface area contributed by atoms with Crippen molar-refractivity contribution < 1.29 is 0 Å². The van der Waals surface area contributed by atoms with Crippen molar-refractivity contribution in [2.45, 2.75) is 19.4 Å². The normalized spacial score (nSPS) is 17.0. The molecule has 1 saturated heterocycles. The maximum absolute atomic E-state index is 5.70. The number of rotatable bonds is 7. The minimum Gasteiger partial charge on any atom is -0.338 e. The smallest absolute Gasteiger partial charge is 0.0542 e. The molecule has 5 nitrogen and oxygen atoms in total. The van der Waals surface area contributed by atoms with Gasteiger partial charge in [0.15, 0.2) is 0 Å². The lowest BCUT2D eigenvalue weighted by Gasteiger charge is -2.35. The van der Waals surface area contributed by atoms with E-state index in [0.717, 1.165) is 56.6 Å². The summed E-state index contributed by atoms with van der Waals surface area (Å²) in [5.41, 5.74) is 5.70. The molecular weight excluding hydrogens is 310 g/mol. The molecule has 1 fully saturated rings. The molecule has 0 bridgehead atoms. The van der Waals surface area contributed by atoms with Crippen LogP contribution in [-0.2, 0) is 6.54 Å². The van der Waals surface area contributed by atoms with Gasteiger partial charge < -0.3 is 10.3 Å². The molecule has 0 amide bonds. The van der Waals surface area contributed by atoms with Crippen molar-refractivity contribution in [3.05, 3.63) is 47.1 Å². The fraction of sp³-hybridized carbons (Fsp3) is 0.400. The molecule has 25 heavy (non-hydrogen) atoms. The first-order valence-electron chi connectivity index (χ1n) is 8.96. The van der Waals surface area contributed by atoms with Gasteiger partial charge in [-0.15, -0.1) is 0 Å². The quantitative estimate of drug-likeness (QED) is 0.579. The lowest BCUT2D eigenvalue weighted by molar-refractivity contribution is 0.0670. The maximum Gasteiger partial charge on any atom is 0.0542 e. The summed E-state index contributed by atoms with van der Waals surface area (Å²) >= 11 is 0. The second-order valence-electron chi connectivity index (χ2n) is 6.62. The first-order chi connectivity index (χ1) is 12.2. The van der Waals surface area contributed by atoms with Gasteiger partial charge in [0.2, 0.25) is 0 Å². The molecule has 0 unspecified atom stereocenters. The Balaban J connectivity index is 1.48. The summed E-state index contributed by atoms with van der Waals surface area (Å²) in [4.78, 5) is 4.59. The number of hydrogen-bond donors (Lipinski definition) is 2. The van der Waals surface area contributed by atoms with Gasteiger partial charge in [-0.3, -0.25) is 15.1 Å². The maximum atomic E-state index is 5.70. The van der Waals surface area contributed by atoms with Gasteiger partial charge in [0.05, 0.1) is 20.0 Å². The van der Waals surface area contributed by atoms with E-state index in [2.05, 4.69) is 69.3 Å². The van der Waals surface area contributed by atoms with Gasteiger partial charge in [-0.25, -0.2) is 0 Å². The van der Waals surface area contributed by atoms with Gasteiger partial charge in [-0.2, -0.15) is 0 Å². The highest BCUT2D eigenvalue weighted by molar-refractivity contribution is 5.83. The average molecular weight is 339 g/mol. The summed E-state index contributed by atoms with van der Waals surface area (Å²) in [6, 6.07) is 8.34. The van der Waals surface area contributed by atoms with Crippen LogP contribution in [0.5, 0.6) is 0 Å². The van der Waals surface area contributed by atoms with Crippen LogP contribution in [0.25, 0.3) is 23.9 Å². The highest BCUT2D eigenvalue weighted by atomic mass is 15.4. The number of hydrogen-bond acceptors (Lipinski definition) is 4. The summed E-state index contributed by atoms with van der Waals surface area (Å²) in [5, 5.41) is 7.86. The van der Waals surface area contributed by atoms with Crippen LogP contribution >= 0.6 is 0 Å². The zero-order chi connectivity index (χ0) is 17.6. The molecule has 2 heterocycles. The minimum absolute atomic E-state index is 0.607. The van der Waals surface area contributed by atoms with Gasteiger partial charge in [-0.05, 0) is 12.8 Å². The molecule has 3 rings (SSSR count). The number of nitrogens with zero attached hydrogens (tertiary/aromatic N) is 3. The molecule has 5 heteroatoms. The Labute approximate surface area is 149 Å². The Kier molecular flexibility index (Phi) is 6.04. The Morgan fingerprint density at radius 3 is 2.40 bits per heavy atom. The van der Waals surface area contributed by atoms with Crippen molar-refractivity contribution in [1.29, 1.82) is 0 Å². The molecule has 0 radical (unpaired) electrons. The molecular formula is C20H29N5. The number of fused-ring (bicyclic) bond motifs is 1. The van der Waals surface area contributed by atoms with Crippen molar-refractivity contribution in [3.63, 3.8) is 0 Å². The molecule has 1 aromatic carbocycles. The van der Waals surface area contributed by atoms with Gasteiger partial charge in [0.1, 0.15) is 0 Å². The predicted octanol–water partition coefficient (Wildman–Crippen LogP) is 0.794. The fourth-order valence-electron chi connectivity index (χ4n) is 3.41. The Bertz CT molecular complexity index is 775. The Morgan fingerprint density at radius 2 is 1.72 bits per heavy atom. The van der Waals surface area contributed by atoms with E-state index in [0.29, 0.717) is 6.67 Å². The second kappa shape index (κ2) is 8.45. The highest BCUT2D eigenvalue weighted by Crippen LogP contribution is 2.05. The average Bonchev–Trinajstić information content (AvgIpc) is 2.89. The van der Waals surface area contributed by atoms with E-state index < -0.39 is 0 Å². The summed E-state index contributed by atoms with van der Waals surface area (Å²) < 4.78 is 2.19. The lowest BCUT2D eigenvalue weighted by atomic mass is 10.2. The number of benzene rings is 1. The Morgan fingerprint density at radius 1 is 1.04 bits per heavy atom. The van der Waals surface area contributed by atoms with Crippen LogP contribution in [0.1, 0.15) is 12.8 Å². The van der Waals surface area contributed by atoms with E-state index in [1.54, 1.807) is 0 Å². The highest BCUT2D eigenvalue weighted by Gasteiger charge is 2.14. The van der Waals surface area contributed by atoms with Crippen LogP contribution in [0, 0.1) is 0 Å². The molecule has 134 valence electrons. The number of nitrogens with two attached hydrogens (primary N) is 1. The molecule has 0 aliphatic carbocycles. The van der Waals surface area contributed by atoms with Crippen LogP contribution < -0.4 is 21.7 Å². The van der Waals surface area contributed by atoms with Crippen LogP contribution in [-0.4, -0.2) is 47.6 Å². The van der Waals surface area contributed by atoms with E-state index in [1.165, 1.54) is 10.8 Å². The molecule has 1 aliphatic rings. The zero-order valence-electron chi connectivity index (χ0n) is 15.0. The van der Waals surface area contributed by atoms with Gasteiger partial charge in [0.25, 0.3) is 0 Å². The molecule has 1 aliphatic heterocycles. The SMILES string of the molecule is C=c1c2ccccc2c(=C)n1C/C=C/CCCN1CNCN(CN)C1. The number of aromatic nitrogens is 1. The van der Waals surface area contributed by atoms with Gasteiger partial charge >= 0.3 is 0 Å². The number of unbranched alkanes of at least 4 members (excludes halogenated alkanes) is 1. The summed E-state index contributed by atoms with van der Waals surface area (Å²) in [6.45, 7) is 13.8. The number of nitrogens with one attached hydrogen (secondary N) is 1.